The largest absolute Gasteiger partial charge is 0.369 e. The Morgan fingerprint density at radius 2 is 1.89 bits per heavy atom. The molecule has 0 unspecified atom stereocenters. The summed E-state index contributed by atoms with van der Waals surface area (Å²) in [5, 5.41) is 8.41. The number of sulfonamides is 1. The zero-order valence-electron chi connectivity index (χ0n) is 15.7. The molecule has 0 aliphatic carbocycles. The van der Waals surface area contributed by atoms with Gasteiger partial charge in [0.25, 0.3) is 0 Å². The van der Waals surface area contributed by atoms with Crippen molar-refractivity contribution in [3.63, 3.8) is 0 Å². The van der Waals surface area contributed by atoms with Crippen molar-refractivity contribution in [3.8, 4) is 5.82 Å². The summed E-state index contributed by atoms with van der Waals surface area (Å²) in [6, 6.07) is 11.2. The van der Waals surface area contributed by atoms with Gasteiger partial charge in [0.15, 0.2) is 5.82 Å². The van der Waals surface area contributed by atoms with Gasteiger partial charge in [0.2, 0.25) is 10.0 Å². The first-order valence-electron chi connectivity index (χ1n) is 8.75. The zero-order valence-corrected chi connectivity index (χ0v) is 16.5. The standard InChI is InChI=1S/C19H22N6O2S/c1-15-4-6-17(7-5-15)8-13-28(26,27)22-11-10-20-18-14-19(24-16(2)23-18)25-12-3-9-21-25/h3-9,12-14,22H,10-11H2,1-2H3,(H,20,23,24)/b13-8+. The van der Waals surface area contributed by atoms with Crippen LogP contribution in [0.2, 0.25) is 0 Å². The smallest absolute Gasteiger partial charge is 0.233 e. The maximum Gasteiger partial charge on any atom is 0.233 e. The van der Waals surface area contributed by atoms with Gasteiger partial charge in [0.05, 0.1) is 0 Å². The van der Waals surface area contributed by atoms with Crippen LogP contribution in [0.4, 0.5) is 5.82 Å². The number of aryl methyl sites for hydroxylation is 2. The molecule has 0 fully saturated rings. The van der Waals surface area contributed by atoms with Gasteiger partial charge in [-0.05, 0) is 31.6 Å². The van der Waals surface area contributed by atoms with Gasteiger partial charge >= 0.3 is 0 Å². The molecule has 0 radical (unpaired) electrons. The number of nitrogens with zero attached hydrogens (tertiary/aromatic N) is 4. The first kappa shape index (κ1) is 19.7. The Labute approximate surface area is 164 Å². The quantitative estimate of drug-likeness (QED) is 0.565. The second-order valence-corrected chi connectivity index (χ2v) is 7.84. The summed E-state index contributed by atoms with van der Waals surface area (Å²) in [6.07, 6.45) is 5.03. The molecule has 146 valence electrons. The van der Waals surface area contributed by atoms with E-state index in [0.717, 1.165) is 11.1 Å². The third kappa shape index (κ3) is 5.73. The van der Waals surface area contributed by atoms with Crippen LogP contribution in [0.3, 0.4) is 0 Å². The monoisotopic (exact) mass is 398 g/mol. The molecule has 0 saturated carbocycles. The predicted octanol–water partition coefficient (Wildman–Crippen LogP) is 2.28. The molecule has 0 spiro atoms. The van der Waals surface area contributed by atoms with Crippen LogP contribution in [-0.4, -0.2) is 41.3 Å². The van der Waals surface area contributed by atoms with E-state index in [1.165, 1.54) is 5.41 Å². The summed E-state index contributed by atoms with van der Waals surface area (Å²) < 4.78 is 28.3. The van der Waals surface area contributed by atoms with Crippen molar-refractivity contribution >= 4 is 21.9 Å². The lowest BCUT2D eigenvalue weighted by atomic mass is 10.2. The number of hydrogen-bond acceptors (Lipinski definition) is 6. The highest BCUT2D eigenvalue weighted by Gasteiger charge is 2.06. The van der Waals surface area contributed by atoms with E-state index in [2.05, 4.69) is 25.1 Å². The van der Waals surface area contributed by atoms with Gasteiger partial charge in [-0.2, -0.15) is 5.10 Å². The number of benzene rings is 1. The average molecular weight is 398 g/mol. The summed E-state index contributed by atoms with van der Waals surface area (Å²) in [7, 11) is -3.51. The van der Waals surface area contributed by atoms with E-state index in [1.807, 2.05) is 37.3 Å². The molecule has 0 saturated heterocycles. The first-order chi connectivity index (χ1) is 13.4. The fraction of sp³-hybridized carbons (Fsp3) is 0.211. The number of rotatable bonds is 8. The minimum Gasteiger partial charge on any atom is -0.369 e. The molecular formula is C19H22N6O2S. The van der Waals surface area contributed by atoms with Gasteiger partial charge in [-0.25, -0.2) is 27.8 Å². The number of anilines is 1. The van der Waals surface area contributed by atoms with Crippen molar-refractivity contribution in [2.45, 2.75) is 13.8 Å². The van der Waals surface area contributed by atoms with Crippen LogP contribution in [0, 0.1) is 13.8 Å². The first-order valence-corrected chi connectivity index (χ1v) is 10.3. The Hall–Kier alpha value is -3.04. The summed E-state index contributed by atoms with van der Waals surface area (Å²) in [5.41, 5.74) is 1.96. The average Bonchev–Trinajstić information content (AvgIpc) is 3.19. The van der Waals surface area contributed by atoms with Crippen LogP contribution in [0.5, 0.6) is 0 Å². The fourth-order valence-corrected chi connectivity index (χ4v) is 3.26. The summed E-state index contributed by atoms with van der Waals surface area (Å²) >= 11 is 0. The molecule has 3 rings (SSSR count). The third-order valence-corrected chi connectivity index (χ3v) is 4.92. The Morgan fingerprint density at radius 1 is 1.11 bits per heavy atom. The van der Waals surface area contributed by atoms with E-state index in [1.54, 1.807) is 36.1 Å². The van der Waals surface area contributed by atoms with Gasteiger partial charge in [-0.3, -0.25) is 0 Å². The molecule has 0 atom stereocenters. The van der Waals surface area contributed by atoms with E-state index in [4.69, 9.17) is 0 Å². The summed E-state index contributed by atoms with van der Waals surface area (Å²) in [6.45, 7) is 4.38. The Balaban J connectivity index is 1.53. The van der Waals surface area contributed by atoms with Crippen molar-refractivity contribution in [2.75, 3.05) is 18.4 Å². The molecule has 0 amide bonds. The van der Waals surface area contributed by atoms with Crippen molar-refractivity contribution in [1.29, 1.82) is 0 Å². The lowest BCUT2D eigenvalue weighted by Crippen LogP contribution is -2.27. The molecule has 9 heteroatoms. The van der Waals surface area contributed by atoms with E-state index < -0.39 is 10.0 Å². The SMILES string of the molecule is Cc1ccc(/C=C/S(=O)(=O)NCCNc2cc(-n3cccn3)nc(C)n2)cc1. The Kier molecular flexibility index (Phi) is 6.17. The Bertz CT molecular complexity index is 1040. The Morgan fingerprint density at radius 3 is 2.61 bits per heavy atom. The van der Waals surface area contributed by atoms with Crippen molar-refractivity contribution in [1.82, 2.24) is 24.5 Å². The van der Waals surface area contributed by atoms with Crippen LogP contribution in [0.15, 0.2) is 54.2 Å². The maximum absolute atomic E-state index is 12.1. The molecular weight excluding hydrogens is 376 g/mol. The van der Waals surface area contributed by atoms with E-state index in [0.29, 0.717) is 24.0 Å². The van der Waals surface area contributed by atoms with Gasteiger partial charge in [-0.1, -0.05) is 29.8 Å². The van der Waals surface area contributed by atoms with E-state index in [9.17, 15) is 8.42 Å². The van der Waals surface area contributed by atoms with Gasteiger partial charge in [0, 0.05) is 37.0 Å². The molecule has 2 N–H and O–H groups in total. The van der Waals surface area contributed by atoms with Crippen molar-refractivity contribution in [2.24, 2.45) is 0 Å². The highest BCUT2D eigenvalue weighted by atomic mass is 32.2. The molecule has 28 heavy (non-hydrogen) atoms. The van der Waals surface area contributed by atoms with Gasteiger partial charge in [-0.15, -0.1) is 0 Å². The molecule has 8 nitrogen and oxygen atoms in total. The molecule has 0 aliphatic rings. The van der Waals surface area contributed by atoms with E-state index >= 15 is 0 Å². The molecule has 2 aromatic heterocycles. The third-order valence-electron chi connectivity index (χ3n) is 3.81. The van der Waals surface area contributed by atoms with Crippen LogP contribution in [0.1, 0.15) is 17.0 Å². The predicted molar refractivity (Wildman–Crippen MR) is 110 cm³/mol. The van der Waals surface area contributed by atoms with Gasteiger partial charge < -0.3 is 5.32 Å². The summed E-state index contributed by atoms with van der Waals surface area (Å²) in [5.74, 6) is 1.84. The second-order valence-electron chi connectivity index (χ2n) is 6.19. The maximum atomic E-state index is 12.1. The van der Waals surface area contributed by atoms with Crippen LogP contribution >= 0.6 is 0 Å². The molecule has 3 aromatic rings. The lowest BCUT2D eigenvalue weighted by molar-refractivity contribution is 0.592. The minimum atomic E-state index is -3.51. The molecule has 1 aromatic carbocycles. The minimum absolute atomic E-state index is 0.223. The zero-order chi connectivity index (χ0) is 20.0. The van der Waals surface area contributed by atoms with Crippen LogP contribution in [0.25, 0.3) is 11.9 Å². The normalized spacial score (nSPS) is 11.8. The van der Waals surface area contributed by atoms with Crippen LogP contribution < -0.4 is 10.0 Å². The number of nitrogens with one attached hydrogen (secondary N) is 2. The number of hydrogen-bond donors (Lipinski definition) is 2. The van der Waals surface area contributed by atoms with Gasteiger partial charge in [0.1, 0.15) is 11.6 Å². The highest BCUT2D eigenvalue weighted by Crippen LogP contribution is 2.10. The van der Waals surface area contributed by atoms with Crippen LogP contribution in [-0.2, 0) is 10.0 Å². The molecule has 0 aliphatic heterocycles. The lowest BCUT2D eigenvalue weighted by Gasteiger charge is -2.09. The number of aromatic nitrogens is 4. The molecule has 2 heterocycles. The summed E-state index contributed by atoms with van der Waals surface area (Å²) in [4.78, 5) is 8.64. The fourth-order valence-electron chi connectivity index (χ4n) is 2.44. The molecule has 0 bridgehead atoms. The van der Waals surface area contributed by atoms with Crippen molar-refractivity contribution in [3.05, 3.63) is 71.2 Å². The van der Waals surface area contributed by atoms with E-state index in [-0.39, 0.29) is 6.54 Å². The van der Waals surface area contributed by atoms with Crippen molar-refractivity contribution < 1.29 is 8.42 Å². The topological polar surface area (TPSA) is 102 Å². The highest BCUT2D eigenvalue weighted by molar-refractivity contribution is 7.92. The second kappa shape index (κ2) is 8.77.